The average molecular weight is 188 g/mol. The largest absolute Gasteiger partial charge is 0.396 e. The number of hydrogen-bond donors (Lipinski definition) is 1. The van der Waals surface area contributed by atoms with Crippen molar-refractivity contribution in [2.75, 3.05) is 19.8 Å². The van der Waals surface area contributed by atoms with E-state index in [4.69, 9.17) is 9.84 Å². The predicted molar refractivity (Wildman–Crippen MR) is 55.8 cm³/mol. The van der Waals surface area contributed by atoms with Crippen LogP contribution in [0.1, 0.15) is 41.0 Å². The Bertz CT molecular complexity index is 134. The molecule has 0 fully saturated rings. The standard InChI is InChI=1S/C11H24O2/c1-10(2,3)8-13-9-11(4,5)6-7-12/h12H,6-9H2,1-5H3. The van der Waals surface area contributed by atoms with Crippen LogP contribution < -0.4 is 0 Å². The zero-order valence-electron chi connectivity index (χ0n) is 9.68. The molecule has 0 heterocycles. The molecule has 80 valence electrons. The third-order valence-electron chi connectivity index (χ3n) is 1.82. The molecule has 0 aliphatic heterocycles. The highest BCUT2D eigenvalue weighted by molar-refractivity contribution is 4.68. The van der Waals surface area contributed by atoms with Gasteiger partial charge in [0.15, 0.2) is 0 Å². The first-order valence-corrected chi connectivity index (χ1v) is 4.95. The van der Waals surface area contributed by atoms with Gasteiger partial charge in [0.05, 0.1) is 13.2 Å². The molecule has 0 aliphatic carbocycles. The molecule has 0 atom stereocenters. The van der Waals surface area contributed by atoms with Crippen molar-refractivity contribution in [3.63, 3.8) is 0 Å². The van der Waals surface area contributed by atoms with Gasteiger partial charge in [-0.3, -0.25) is 0 Å². The highest BCUT2D eigenvalue weighted by Gasteiger charge is 2.19. The molecule has 0 aliphatic rings. The summed E-state index contributed by atoms with van der Waals surface area (Å²) in [5.41, 5.74) is 0.329. The molecule has 0 amide bonds. The van der Waals surface area contributed by atoms with Gasteiger partial charge in [-0.15, -0.1) is 0 Å². The molecule has 0 saturated carbocycles. The van der Waals surface area contributed by atoms with E-state index >= 15 is 0 Å². The molecule has 0 spiro atoms. The van der Waals surface area contributed by atoms with E-state index in [0.717, 1.165) is 19.6 Å². The Hall–Kier alpha value is -0.0800. The van der Waals surface area contributed by atoms with Crippen molar-refractivity contribution in [3.05, 3.63) is 0 Å². The van der Waals surface area contributed by atoms with Crippen LogP contribution >= 0.6 is 0 Å². The molecular weight excluding hydrogens is 164 g/mol. The number of hydrogen-bond acceptors (Lipinski definition) is 2. The van der Waals surface area contributed by atoms with Crippen LogP contribution in [-0.4, -0.2) is 24.9 Å². The van der Waals surface area contributed by atoms with Gasteiger partial charge in [-0.2, -0.15) is 0 Å². The Morgan fingerprint density at radius 2 is 1.54 bits per heavy atom. The fourth-order valence-electron chi connectivity index (χ4n) is 1.01. The summed E-state index contributed by atoms with van der Waals surface area (Å²) < 4.78 is 5.60. The molecule has 0 bridgehead atoms. The Labute approximate surface area is 82.3 Å². The van der Waals surface area contributed by atoms with Crippen molar-refractivity contribution >= 4 is 0 Å². The van der Waals surface area contributed by atoms with E-state index in [1.165, 1.54) is 0 Å². The summed E-state index contributed by atoms with van der Waals surface area (Å²) >= 11 is 0. The first-order chi connectivity index (χ1) is 5.77. The second kappa shape index (κ2) is 4.97. The molecular formula is C11H24O2. The van der Waals surface area contributed by atoms with Gasteiger partial charge in [-0.25, -0.2) is 0 Å². The minimum Gasteiger partial charge on any atom is -0.396 e. The summed E-state index contributed by atoms with van der Waals surface area (Å²) in [7, 11) is 0. The lowest BCUT2D eigenvalue weighted by Gasteiger charge is -2.26. The van der Waals surface area contributed by atoms with E-state index in [2.05, 4.69) is 34.6 Å². The van der Waals surface area contributed by atoms with Gasteiger partial charge >= 0.3 is 0 Å². The van der Waals surface area contributed by atoms with E-state index < -0.39 is 0 Å². The molecule has 0 saturated heterocycles. The molecule has 0 radical (unpaired) electrons. The van der Waals surface area contributed by atoms with Crippen LogP contribution in [0.5, 0.6) is 0 Å². The molecule has 1 N–H and O–H groups in total. The van der Waals surface area contributed by atoms with Gasteiger partial charge in [0.25, 0.3) is 0 Å². The van der Waals surface area contributed by atoms with Crippen molar-refractivity contribution in [1.82, 2.24) is 0 Å². The first-order valence-electron chi connectivity index (χ1n) is 4.95. The number of ether oxygens (including phenoxy) is 1. The lowest BCUT2D eigenvalue weighted by atomic mass is 9.91. The van der Waals surface area contributed by atoms with Crippen LogP contribution in [0.15, 0.2) is 0 Å². The second-order valence-corrected chi connectivity index (χ2v) is 5.69. The smallest absolute Gasteiger partial charge is 0.0518 e. The van der Waals surface area contributed by atoms with Crippen molar-refractivity contribution in [1.29, 1.82) is 0 Å². The highest BCUT2D eigenvalue weighted by Crippen LogP contribution is 2.21. The molecule has 0 aromatic heterocycles. The maximum absolute atomic E-state index is 8.81. The predicted octanol–water partition coefficient (Wildman–Crippen LogP) is 2.46. The molecule has 0 aromatic rings. The van der Waals surface area contributed by atoms with Gasteiger partial charge < -0.3 is 9.84 Å². The number of aliphatic hydroxyl groups excluding tert-OH is 1. The SMILES string of the molecule is CC(C)(C)COCC(C)(C)CCO. The summed E-state index contributed by atoms with van der Waals surface area (Å²) in [5, 5.41) is 8.81. The molecule has 2 nitrogen and oxygen atoms in total. The first kappa shape index (κ1) is 12.9. The lowest BCUT2D eigenvalue weighted by molar-refractivity contribution is 0.0124. The van der Waals surface area contributed by atoms with E-state index in [1.54, 1.807) is 0 Å². The third kappa shape index (κ3) is 8.26. The van der Waals surface area contributed by atoms with Crippen LogP contribution in [0, 0.1) is 10.8 Å². The zero-order valence-corrected chi connectivity index (χ0v) is 9.68. The van der Waals surface area contributed by atoms with Crippen molar-refractivity contribution in [3.8, 4) is 0 Å². The van der Waals surface area contributed by atoms with E-state index in [9.17, 15) is 0 Å². The second-order valence-electron chi connectivity index (χ2n) is 5.69. The fourth-order valence-corrected chi connectivity index (χ4v) is 1.01. The van der Waals surface area contributed by atoms with Gasteiger partial charge in [0, 0.05) is 6.61 Å². The van der Waals surface area contributed by atoms with Crippen molar-refractivity contribution in [2.45, 2.75) is 41.0 Å². The van der Waals surface area contributed by atoms with E-state index in [0.29, 0.717) is 0 Å². The molecule has 0 unspecified atom stereocenters. The summed E-state index contributed by atoms with van der Waals surface area (Å²) in [5.74, 6) is 0. The van der Waals surface area contributed by atoms with Crippen molar-refractivity contribution < 1.29 is 9.84 Å². The van der Waals surface area contributed by atoms with Gasteiger partial charge in [0.1, 0.15) is 0 Å². The van der Waals surface area contributed by atoms with Gasteiger partial charge in [0.2, 0.25) is 0 Å². The van der Waals surface area contributed by atoms with E-state index in [-0.39, 0.29) is 17.4 Å². The monoisotopic (exact) mass is 188 g/mol. The maximum atomic E-state index is 8.81. The number of aliphatic hydroxyl groups is 1. The van der Waals surface area contributed by atoms with Crippen molar-refractivity contribution in [2.24, 2.45) is 10.8 Å². The van der Waals surface area contributed by atoms with Crippen LogP contribution in [0.2, 0.25) is 0 Å². The zero-order chi connectivity index (χ0) is 10.5. The Balaban J connectivity index is 3.63. The van der Waals surface area contributed by atoms with E-state index in [1.807, 2.05) is 0 Å². The minimum absolute atomic E-state index is 0.0972. The van der Waals surface area contributed by atoms with Crippen LogP contribution in [0.4, 0.5) is 0 Å². The molecule has 0 aromatic carbocycles. The fraction of sp³-hybridized carbons (Fsp3) is 1.00. The quantitative estimate of drug-likeness (QED) is 0.718. The summed E-state index contributed by atoms with van der Waals surface area (Å²) in [4.78, 5) is 0. The topological polar surface area (TPSA) is 29.5 Å². The molecule has 2 heteroatoms. The van der Waals surface area contributed by atoms with Crippen LogP contribution in [0.25, 0.3) is 0 Å². The summed E-state index contributed by atoms with van der Waals surface area (Å²) in [6, 6.07) is 0. The van der Waals surface area contributed by atoms with Gasteiger partial charge in [-0.1, -0.05) is 34.6 Å². The molecule has 13 heavy (non-hydrogen) atoms. The van der Waals surface area contributed by atoms with Gasteiger partial charge in [-0.05, 0) is 17.3 Å². The Kier molecular flexibility index (Phi) is 4.93. The summed E-state index contributed by atoms with van der Waals surface area (Å²) in [6.45, 7) is 12.5. The average Bonchev–Trinajstić information content (AvgIpc) is 1.82. The molecule has 0 rings (SSSR count). The lowest BCUT2D eigenvalue weighted by Crippen LogP contribution is -2.24. The Morgan fingerprint density at radius 3 is 1.92 bits per heavy atom. The normalized spacial score (nSPS) is 13.4. The number of rotatable bonds is 5. The maximum Gasteiger partial charge on any atom is 0.0518 e. The Morgan fingerprint density at radius 1 is 1.00 bits per heavy atom. The minimum atomic E-state index is 0.0972. The van der Waals surface area contributed by atoms with Crippen LogP contribution in [-0.2, 0) is 4.74 Å². The highest BCUT2D eigenvalue weighted by atomic mass is 16.5. The third-order valence-corrected chi connectivity index (χ3v) is 1.82. The van der Waals surface area contributed by atoms with Crippen LogP contribution in [0.3, 0.4) is 0 Å². The summed E-state index contributed by atoms with van der Waals surface area (Å²) in [6.07, 6.45) is 0.803.